The second kappa shape index (κ2) is 8.97. The van der Waals surface area contributed by atoms with Crippen molar-refractivity contribution in [2.75, 3.05) is 40.3 Å². The fourth-order valence-corrected chi connectivity index (χ4v) is 2.69. The van der Waals surface area contributed by atoms with Crippen LogP contribution in [0, 0.1) is 0 Å². The molecule has 112 valence electrons. The fourth-order valence-electron chi connectivity index (χ4n) is 2.69. The molecule has 2 rings (SSSR count). The van der Waals surface area contributed by atoms with Crippen LogP contribution in [0.4, 0.5) is 0 Å². The molecule has 0 amide bonds. The standard InChI is InChI=1S/C13H26N4O.HI/c1-14-13(16-10-12-6-4-8-18-12)15-9-11-5-3-7-17(11)2;/h11-12H,3-10H2,1-2H3,(H2,14,15,16);1H. The van der Waals surface area contributed by atoms with E-state index in [0.717, 1.165) is 32.1 Å². The molecule has 2 heterocycles. The first-order chi connectivity index (χ1) is 8.79. The summed E-state index contributed by atoms with van der Waals surface area (Å²) < 4.78 is 5.59. The van der Waals surface area contributed by atoms with E-state index >= 15 is 0 Å². The number of halogens is 1. The van der Waals surface area contributed by atoms with Gasteiger partial charge >= 0.3 is 0 Å². The van der Waals surface area contributed by atoms with Crippen LogP contribution < -0.4 is 10.6 Å². The van der Waals surface area contributed by atoms with Crippen LogP contribution in [-0.4, -0.2) is 63.3 Å². The molecule has 5 nitrogen and oxygen atoms in total. The van der Waals surface area contributed by atoms with Gasteiger partial charge in [-0.2, -0.15) is 0 Å². The van der Waals surface area contributed by atoms with E-state index in [0.29, 0.717) is 12.1 Å². The number of aliphatic imine (C=N–C) groups is 1. The van der Waals surface area contributed by atoms with Gasteiger partial charge in [0.2, 0.25) is 0 Å². The van der Waals surface area contributed by atoms with Crippen molar-refractivity contribution in [2.45, 2.75) is 37.8 Å². The molecule has 0 aromatic carbocycles. The summed E-state index contributed by atoms with van der Waals surface area (Å²) in [6, 6.07) is 0.645. The van der Waals surface area contributed by atoms with Gasteiger partial charge in [-0.3, -0.25) is 4.99 Å². The van der Waals surface area contributed by atoms with Crippen molar-refractivity contribution in [1.29, 1.82) is 0 Å². The third-order valence-electron chi connectivity index (χ3n) is 3.92. The molecule has 0 saturated carbocycles. The summed E-state index contributed by atoms with van der Waals surface area (Å²) in [7, 11) is 4.02. The van der Waals surface area contributed by atoms with Gasteiger partial charge in [0.1, 0.15) is 0 Å². The Morgan fingerprint density at radius 2 is 2.05 bits per heavy atom. The maximum absolute atomic E-state index is 5.59. The molecule has 6 heteroatoms. The molecular formula is C13H27IN4O. The van der Waals surface area contributed by atoms with Gasteiger partial charge in [-0.15, -0.1) is 24.0 Å². The zero-order valence-electron chi connectivity index (χ0n) is 12.0. The lowest BCUT2D eigenvalue weighted by Gasteiger charge is -2.21. The van der Waals surface area contributed by atoms with Crippen molar-refractivity contribution in [1.82, 2.24) is 15.5 Å². The maximum Gasteiger partial charge on any atom is 0.191 e. The quantitative estimate of drug-likeness (QED) is 0.434. The van der Waals surface area contributed by atoms with Gasteiger partial charge in [0.25, 0.3) is 0 Å². The van der Waals surface area contributed by atoms with Crippen molar-refractivity contribution in [3.05, 3.63) is 0 Å². The van der Waals surface area contributed by atoms with Crippen molar-refractivity contribution in [2.24, 2.45) is 4.99 Å². The lowest BCUT2D eigenvalue weighted by Crippen LogP contribution is -2.45. The van der Waals surface area contributed by atoms with Gasteiger partial charge in [-0.1, -0.05) is 0 Å². The number of guanidine groups is 1. The molecule has 2 atom stereocenters. The zero-order chi connectivity index (χ0) is 12.8. The molecule has 2 aliphatic heterocycles. The third-order valence-corrected chi connectivity index (χ3v) is 3.92. The van der Waals surface area contributed by atoms with Crippen molar-refractivity contribution < 1.29 is 4.74 Å². The molecule has 2 N–H and O–H groups in total. The predicted octanol–water partition coefficient (Wildman–Crippen LogP) is 1.04. The van der Waals surface area contributed by atoms with E-state index in [4.69, 9.17) is 4.74 Å². The fraction of sp³-hybridized carbons (Fsp3) is 0.923. The zero-order valence-corrected chi connectivity index (χ0v) is 14.4. The maximum atomic E-state index is 5.59. The molecule has 0 bridgehead atoms. The van der Waals surface area contributed by atoms with E-state index in [1.54, 1.807) is 0 Å². The van der Waals surface area contributed by atoms with E-state index in [1.807, 2.05) is 7.05 Å². The Morgan fingerprint density at radius 3 is 2.63 bits per heavy atom. The van der Waals surface area contributed by atoms with Gasteiger partial charge in [0, 0.05) is 32.8 Å². The summed E-state index contributed by atoms with van der Waals surface area (Å²) in [4.78, 5) is 6.67. The van der Waals surface area contributed by atoms with E-state index < -0.39 is 0 Å². The Balaban J connectivity index is 0.00000180. The minimum absolute atomic E-state index is 0. The number of nitrogens with zero attached hydrogens (tertiary/aromatic N) is 2. The van der Waals surface area contributed by atoms with Crippen molar-refractivity contribution in [3.8, 4) is 0 Å². The van der Waals surface area contributed by atoms with Crippen LogP contribution >= 0.6 is 24.0 Å². The van der Waals surface area contributed by atoms with Crippen LogP contribution in [0.5, 0.6) is 0 Å². The van der Waals surface area contributed by atoms with Gasteiger partial charge in [0.15, 0.2) is 5.96 Å². The van der Waals surface area contributed by atoms with Gasteiger partial charge in [-0.25, -0.2) is 0 Å². The van der Waals surface area contributed by atoms with Gasteiger partial charge in [-0.05, 0) is 39.3 Å². The highest BCUT2D eigenvalue weighted by atomic mass is 127. The molecule has 0 aromatic heterocycles. The Morgan fingerprint density at radius 1 is 1.26 bits per heavy atom. The van der Waals surface area contributed by atoms with Crippen LogP contribution in [0.2, 0.25) is 0 Å². The summed E-state index contributed by atoms with van der Waals surface area (Å²) in [5, 5.41) is 6.75. The molecule has 2 unspecified atom stereocenters. The molecule has 0 aliphatic carbocycles. The number of nitrogens with one attached hydrogen (secondary N) is 2. The number of hydrogen-bond donors (Lipinski definition) is 2. The molecular weight excluding hydrogens is 355 g/mol. The SMILES string of the molecule is CN=C(NCC1CCCO1)NCC1CCCN1C.I. The largest absolute Gasteiger partial charge is 0.376 e. The molecule has 0 spiro atoms. The second-order valence-corrected chi connectivity index (χ2v) is 5.25. The molecule has 0 radical (unpaired) electrons. The van der Waals surface area contributed by atoms with E-state index in [2.05, 4.69) is 27.6 Å². The average Bonchev–Trinajstić information content (AvgIpc) is 3.01. The highest BCUT2D eigenvalue weighted by Crippen LogP contribution is 2.13. The highest BCUT2D eigenvalue weighted by Gasteiger charge is 2.21. The Kier molecular flexibility index (Phi) is 8.01. The lowest BCUT2D eigenvalue weighted by atomic mass is 10.2. The van der Waals surface area contributed by atoms with Crippen LogP contribution in [0.1, 0.15) is 25.7 Å². The minimum Gasteiger partial charge on any atom is -0.376 e. The Hall–Kier alpha value is -0.0800. The Labute approximate surface area is 133 Å². The molecule has 0 aromatic rings. The molecule has 2 aliphatic rings. The first kappa shape index (κ1) is 17.0. The topological polar surface area (TPSA) is 48.9 Å². The number of ether oxygens (including phenoxy) is 1. The highest BCUT2D eigenvalue weighted by molar-refractivity contribution is 14.0. The van der Waals surface area contributed by atoms with E-state index in [-0.39, 0.29) is 24.0 Å². The summed E-state index contributed by atoms with van der Waals surface area (Å²) in [5.41, 5.74) is 0. The Bertz CT molecular complexity index is 282. The van der Waals surface area contributed by atoms with Crippen LogP contribution in [0.15, 0.2) is 4.99 Å². The van der Waals surface area contributed by atoms with Gasteiger partial charge in [0.05, 0.1) is 6.10 Å². The molecule has 2 fully saturated rings. The number of hydrogen-bond acceptors (Lipinski definition) is 3. The first-order valence-electron chi connectivity index (χ1n) is 7.06. The van der Waals surface area contributed by atoms with E-state index in [1.165, 1.54) is 25.8 Å². The minimum atomic E-state index is 0. The second-order valence-electron chi connectivity index (χ2n) is 5.25. The van der Waals surface area contributed by atoms with Crippen molar-refractivity contribution >= 4 is 29.9 Å². The van der Waals surface area contributed by atoms with E-state index in [9.17, 15) is 0 Å². The summed E-state index contributed by atoms with van der Waals surface area (Å²) in [6.45, 7) is 3.96. The average molecular weight is 382 g/mol. The smallest absolute Gasteiger partial charge is 0.191 e. The van der Waals surface area contributed by atoms with Crippen LogP contribution in [0.3, 0.4) is 0 Å². The number of rotatable bonds is 4. The summed E-state index contributed by atoms with van der Waals surface area (Å²) >= 11 is 0. The molecule has 19 heavy (non-hydrogen) atoms. The molecule has 2 saturated heterocycles. The third kappa shape index (κ3) is 5.43. The van der Waals surface area contributed by atoms with Crippen LogP contribution in [0.25, 0.3) is 0 Å². The number of likely N-dealkylation sites (tertiary alicyclic amines) is 1. The summed E-state index contributed by atoms with van der Waals surface area (Å²) in [5.74, 6) is 0.894. The van der Waals surface area contributed by atoms with Crippen LogP contribution in [-0.2, 0) is 4.74 Å². The normalized spacial score (nSPS) is 28.2. The first-order valence-corrected chi connectivity index (χ1v) is 7.06. The monoisotopic (exact) mass is 382 g/mol. The van der Waals surface area contributed by atoms with Gasteiger partial charge < -0.3 is 20.3 Å². The summed E-state index contributed by atoms with van der Waals surface area (Å²) in [6.07, 6.45) is 5.30. The predicted molar refractivity (Wildman–Crippen MR) is 89.4 cm³/mol. The lowest BCUT2D eigenvalue weighted by molar-refractivity contribution is 0.113. The van der Waals surface area contributed by atoms with Crippen molar-refractivity contribution in [3.63, 3.8) is 0 Å². The number of likely N-dealkylation sites (N-methyl/N-ethyl adjacent to an activating group) is 1.